The average Bonchev–Trinajstić information content (AvgIpc) is 2.44. The number of ether oxygens (including phenoxy) is 1. The lowest BCUT2D eigenvalue weighted by atomic mass is 9.96. The Hall–Kier alpha value is -1.94. The summed E-state index contributed by atoms with van der Waals surface area (Å²) < 4.78 is 5.55. The summed E-state index contributed by atoms with van der Waals surface area (Å²) in [6.45, 7) is 5.17. The Kier molecular flexibility index (Phi) is 4.47. The Morgan fingerprint density at radius 2 is 2.00 bits per heavy atom. The van der Waals surface area contributed by atoms with E-state index in [1.807, 2.05) is 26.0 Å². The van der Waals surface area contributed by atoms with Gasteiger partial charge >= 0.3 is 0 Å². The van der Waals surface area contributed by atoms with Crippen molar-refractivity contribution in [2.24, 2.45) is 5.73 Å². The van der Waals surface area contributed by atoms with E-state index in [0.29, 0.717) is 13.2 Å². The molecule has 4 heteroatoms. The number of nitrogens with two attached hydrogens (primary N) is 1. The van der Waals surface area contributed by atoms with E-state index >= 15 is 0 Å². The molecular weight excluding hydrogens is 238 g/mol. The Balaban J connectivity index is 2.32. The highest BCUT2D eigenvalue weighted by Gasteiger charge is 2.16. The van der Waals surface area contributed by atoms with Gasteiger partial charge in [-0.15, -0.1) is 0 Å². The van der Waals surface area contributed by atoms with Crippen molar-refractivity contribution in [1.29, 1.82) is 0 Å². The van der Waals surface area contributed by atoms with Crippen LogP contribution in [0.1, 0.15) is 29.8 Å². The molecule has 0 fully saturated rings. The van der Waals surface area contributed by atoms with Gasteiger partial charge in [0.2, 0.25) is 0 Å². The zero-order valence-electron chi connectivity index (χ0n) is 11.3. The summed E-state index contributed by atoms with van der Waals surface area (Å²) in [5.41, 5.74) is 8.10. The number of benzene rings is 1. The van der Waals surface area contributed by atoms with Crippen LogP contribution in [0.2, 0.25) is 0 Å². The maximum Gasteiger partial charge on any atom is 0.136 e. The van der Waals surface area contributed by atoms with Crippen LogP contribution in [0.3, 0.4) is 0 Å². The summed E-state index contributed by atoms with van der Waals surface area (Å²) in [5.74, 6) is 1.69. The second-order valence-corrected chi connectivity index (χ2v) is 4.35. The Morgan fingerprint density at radius 1 is 1.26 bits per heavy atom. The molecule has 100 valence electrons. The molecule has 4 nitrogen and oxygen atoms in total. The first-order valence-electron chi connectivity index (χ1n) is 6.46. The highest BCUT2D eigenvalue weighted by Crippen LogP contribution is 2.26. The van der Waals surface area contributed by atoms with Crippen LogP contribution in [0.4, 0.5) is 0 Å². The van der Waals surface area contributed by atoms with Gasteiger partial charge in [-0.05, 0) is 37.1 Å². The Bertz CT molecular complexity index is 528. The molecule has 1 aromatic heterocycles. The predicted molar refractivity (Wildman–Crippen MR) is 75.3 cm³/mol. The molecule has 0 aliphatic carbocycles. The topological polar surface area (TPSA) is 61.0 Å². The number of aromatic nitrogens is 2. The minimum Gasteiger partial charge on any atom is -0.494 e. The van der Waals surface area contributed by atoms with Gasteiger partial charge in [0.25, 0.3) is 0 Å². The fourth-order valence-electron chi connectivity index (χ4n) is 2.09. The first-order chi connectivity index (χ1) is 9.26. The summed E-state index contributed by atoms with van der Waals surface area (Å²) in [7, 11) is 0. The van der Waals surface area contributed by atoms with Gasteiger partial charge in [-0.3, -0.25) is 0 Å². The van der Waals surface area contributed by atoms with Gasteiger partial charge in [0, 0.05) is 18.9 Å². The molecule has 0 aliphatic rings. The zero-order valence-corrected chi connectivity index (χ0v) is 11.3. The first kappa shape index (κ1) is 13.5. The normalized spacial score (nSPS) is 12.2. The van der Waals surface area contributed by atoms with Crippen LogP contribution in [0.5, 0.6) is 5.75 Å². The molecule has 0 amide bonds. The fourth-order valence-corrected chi connectivity index (χ4v) is 2.09. The minimum absolute atomic E-state index is 0.0237. The molecule has 0 radical (unpaired) electrons. The quantitative estimate of drug-likeness (QED) is 0.892. The van der Waals surface area contributed by atoms with Crippen molar-refractivity contribution in [3.8, 4) is 5.75 Å². The molecule has 0 spiro atoms. The van der Waals surface area contributed by atoms with E-state index < -0.39 is 0 Å². The lowest BCUT2D eigenvalue weighted by molar-refractivity contribution is 0.337. The van der Waals surface area contributed by atoms with Crippen molar-refractivity contribution in [3.63, 3.8) is 0 Å². The second-order valence-electron chi connectivity index (χ2n) is 4.35. The van der Waals surface area contributed by atoms with Gasteiger partial charge < -0.3 is 10.5 Å². The maximum absolute atomic E-state index is 5.87. The molecule has 1 atom stereocenters. The third kappa shape index (κ3) is 3.09. The number of aryl methyl sites for hydroxylation is 1. The first-order valence-corrected chi connectivity index (χ1v) is 6.46. The van der Waals surface area contributed by atoms with Crippen LogP contribution in [-0.2, 0) is 0 Å². The minimum atomic E-state index is 0.0237. The van der Waals surface area contributed by atoms with Gasteiger partial charge in [0.05, 0.1) is 12.5 Å². The summed E-state index contributed by atoms with van der Waals surface area (Å²) in [5, 5.41) is 0. The number of rotatable bonds is 5. The molecule has 19 heavy (non-hydrogen) atoms. The van der Waals surface area contributed by atoms with Crippen molar-refractivity contribution in [1.82, 2.24) is 9.97 Å². The molecule has 1 unspecified atom stereocenters. The van der Waals surface area contributed by atoms with Crippen LogP contribution in [0.15, 0.2) is 36.7 Å². The van der Waals surface area contributed by atoms with Crippen LogP contribution in [0.25, 0.3) is 0 Å². The zero-order chi connectivity index (χ0) is 13.7. The lowest BCUT2D eigenvalue weighted by Gasteiger charge is -2.15. The molecule has 0 saturated heterocycles. The predicted octanol–water partition coefficient (Wildman–Crippen LogP) is 2.27. The van der Waals surface area contributed by atoms with Crippen molar-refractivity contribution in [2.45, 2.75) is 19.8 Å². The van der Waals surface area contributed by atoms with Crippen LogP contribution in [-0.4, -0.2) is 23.1 Å². The Labute approximate surface area is 113 Å². The van der Waals surface area contributed by atoms with E-state index in [1.165, 1.54) is 0 Å². The van der Waals surface area contributed by atoms with Gasteiger partial charge in [0.1, 0.15) is 11.6 Å². The lowest BCUT2D eigenvalue weighted by Crippen LogP contribution is -2.16. The molecule has 2 rings (SSSR count). The number of hydrogen-bond acceptors (Lipinski definition) is 4. The van der Waals surface area contributed by atoms with E-state index in [-0.39, 0.29) is 5.92 Å². The molecule has 1 aromatic carbocycles. The Morgan fingerprint density at radius 3 is 2.58 bits per heavy atom. The molecule has 0 bridgehead atoms. The number of nitrogens with zero attached hydrogens (tertiary/aromatic N) is 2. The van der Waals surface area contributed by atoms with Crippen LogP contribution >= 0.6 is 0 Å². The van der Waals surface area contributed by atoms with Crippen LogP contribution < -0.4 is 10.5 Å². The van der Waals surface area contributed by atoms with E-state index in [2.05, 4.69) is 16.0 Å². The molecule has 0 saturated carbocycles. The van der Waals surface area contributed by atoms with Gasteiger partial charge in [-0.1, -0.05) is 12.1 Å². The summed E-state index contributed by atoms with van der Waals surface area (Å²) in [6, 6.07) is 7.92. The molecule has 2 N–H and O–H groups in total. The van der Waals surface area contributed by atoms with Crippen LogP contribution in [0, 0.1) is 6.92 Å². The standard InChI is InChI=1S/C15H19N3O/c1-3-19-14-6-5-12(9-11(14)2)13(10-16)15-17-7-4-8-18-15/h4-9,13H,3,10,16H2,1-2H3. The van der Waals surface area contributed by atoms with Crippen molar-refractivity contribution in [2.75, 3.05) is 13.2 Å². The average molecular weight is 257 g/mol. The molecule has 0 aliphatic heterocycles. The second kappa shape index (κ2) is 6.29. The summed E-state index contributed by atoms with van der Waals surface area (Å²) >= 11 is 0. The molecular formula is C15H19N3O. The van der Waals surface area contributed by atoms with Crippen molar-refractivity contribution in [3.05, 3.63) is 53.6 Å². The molecule has 1 heterocycles. The maximum atomic E-state index is 5.87. The summed E-state index contributed by atoms with van der Waals surface area (Å²) in [4.78, 5) is 8.58. The van der Waals surface area contributed by atoms with Crippen molar-refractivity contribution < 1.29 is 4.74 Å². The number of hydrogen-bond donors (Lipinski definition) is 1. The van der Waals surface area contributed by atoms with Gasteiger partial charge in [0.15, 0.2) is 0 Å². The van der Waals surface area contributed by atoms with Gasteiger partial charge in [-0.2, -0.15) is 0 Å². The molecule has 2 aromatic rings. The third-order valence-electron chi connectivity index (χ3n) is 3.03. The van der Waals surface area contributed by atoms with E-state index in [0.717, 1.165) is 22.7 Å². The van der Waals surface area contributed by atoms with E-state index in [9.17, 15) is 0 Å². The van der Waals surface area contributed by atoms with E-state index in [1.54, 1.807) is 18.5 Å². The smallest absolute Gasteiger partial charge is 0.136 e. The SMILES string of the molecule is CCOc1ccc(C(CN)c2ncccn2)cc1C. The van der Waals surface area contributed by atoms with E-state index in [4.69, 9.17) is 10.5 Å². The highest BCUT2D eigenvalue weighted by molar-refractivity contribution is 5.39. The summed E-state index contributed by atoms with van der Waals surface area (Å²) in [6.07, 6.45) is 3.48. The fraction of sp³-hybridized carbons (Fsp3) is 0.333. The highest BCUT2D eigenvalue weighted by atomic mass is 16.5. The van der Waals surface area contributed by atoms with Crippen molar-refractivity contribution >= 4 is 0 Å². The third-order valence-corrected chi connectivity index (χ3v) is 3.03. The largest absolute Gasteiger partial charge is 0.494 e. The van der Waals surface area contributed by atoms with Gasteiger partial charge in [-0.25, -0.2) is 9.97 Å². The monoisotopic (exact) mass is 257 g/mol.